The molecule has 0 amide bonds. The van der Waals surface area contributed by atoms with Gasteiger partial charge in [0, 0.05) is 40.0 Å². The van der Waals surface area contributed by atoms with Gasteiger partial charge >= 0.3 is 0 Å². The average molecular weight is 150 g/mol. The highest BCUT2D eigenvalue weighted by atomic mass is 35.5. The Morgan fingerprint density at radius 1 is 1.11 bits per heavy atom. The van der Waals surface area contributed by atoms with Crippen LogP contribution in [0.25, 0.3) is 0 Å². The van der Waals surface area contributed by atoms with Gasteiger partial charge in [-0.05, 0) is 0 Å². The van der Waals surface area contributed by atoms with Gasteiger partial charge in [0.05, 0.1) is 0 Å². The fourth-order valence-electron chi connectivity index (χ4n) is 0.551. The first-order valence-corrected chi connectivity index (χ1v) is 2.97. The number of nitrogens with zero attached hydrogens (tertiary/aromatic N) is 3. The van der Waals surface area contributed by atoms with Crippen molar-refractivity contribution >= 4 is 17.7 Å². The fourth-order valence-corrected chi connectivity index (χ4v) is 0.854. The Morgan fingerprint density at radius 3 is 1.44 bits per heavy atom. The van der Waals surface area contributed by atoms with E-state index >= 15 is 0 Å². The minimum absolute atomic E-state index is 0.747. The van der Waals surface area contributed by atoms with Crippen molar-refractivity contribution in [3.8, 4) is 0 Å². The third kappa shape index (κ3) is 2.56. The molecule has 0 aromatic carbocycles. The molecule has 0 atom stereocenters. The molecule has 0 N–H and O–H groups in total. The summed E-state index contributed by atoms with van der Waals surface area (Å²) in [6.07, 6.45) is 0. The Kier molecular flexibility index (Phi) is 3.39. The Balaban J connectivity index is 4.01. The van der Waals surface area contributed by atoms with Crippen molar-refractivity contribution in [2.24, 2.45) is 4.51 Å². The van der Waals surface area contributed by atoms with Gasteiger partial charge in [-0.1, -0.05) is 0 Å². The molecule has 0 aliphatic carbocycles. The van der Waals surface area contributed by atoms with Crippen LogP contribution in [-0.2, 0) is 0 Å². The molecule has 0 bridgehead atoms. The molecule has 3 nitrogen and oxygen atoms in total. The molecule has 0 saturated carbocycles. The fraction of sp³-hybridized carbons (Fsp3) is 0.800. The van der Waals surface area contributed by atoms with Crippen LogP contribution in [0.5, 0.6) is 0 Å². The van der Waals surface area contributed by atoms with Gasteiger partial charge in [0.25, 0.3) is 0 Å². The number of guanidine groups is 1. The van der Waals surface area contributed by atoms with E-state index in [1.165, 1.54) is 0 Å². The number of rotatable bonds is 0. The number of halogens is 1. The van der Waals surface area contributed by atoms with E-state index in [1.807, 2.05) is 38.0 Å². The summed E-state index contributed by atoms with van der Waals surface area (Å²) in [6, 6.07) is 0. The molecule has 4 heteroatoms. The molecule has 54 valence electrons. The Hall–Kier alpha value is -0.440. The highest BCUT2D eigenvalue weighted by molar-refractivity contribution is 6.19. The quantitative estimate of drug-likeness (QED) is 0.372. The standard InChI is InChI=1S/C5H12ClN3/c1-8(2)5(7-6)9(3)4/h1-4H3. The third-order valence-electron chi connectivity index (χ3n) is 0.876. The lowest BCUT2D eigenvalue weighted by Crippen LogP contribution is -2.34. The lowest BCUT2D eigenvalue weighted by Gasteiger charge is -2.20. The van der Waals surface area contributed by atoms with Crippen molar-refractivity contribution < 1.29 is 0 Å². The molecular weight excluding hydrogens is 138 g/mol. The minimum Gasteiger partial charge on any atom is -0.348 e. The maximum absolute atomic E-state index is 5.26. The van der Waals surface area contributed by atoms with Crippen LogP contribution >= 0.6 is 11.8 Å². The van der Waals surface area contributed by atoms with E-state index < -0.39 is 0 Å². The minimum atomic E-state index is 0.747. The lowest BCUT2D eigenvalue weighted by molar-refractivity contribution is 0.486. The molecule has 0 saturated heterocycles. The molecule has 0 heterocycles. The predicted molar refractivity (Wildman–Crippen MR) is 40.7 cm³/mol. The van der Waals surface area contributed by atoms with Crippen LogP contribution in [0.4, 0.5) is 0 Å². The Labute approximate surface area is 61.0 Å². The van der Waals surface area contributed by atoms with Crippen molar-refractivity contribution in [3.05, 3.63) is 0 Å². The zero-order chi connectivity index (χ0) is 7.44. The van der Waals surface area contributed by atoms with Crippen LogP contribution in [0.2, 0.25) is 0 Å². The molecule has 0 unspecified atom stereocenters. The highest BCUT2D eigenvalue weighted by Gasteiger charge is 2.01. The van der Waals surface area contributed by atoms with E-state index in [0.717, 1.165) is 5.96 Å². The van der Waals surface area contributed by atoms with Crippen LogP contribution in [0.1, 0.15) is 0 Å². The van der Waals surface area contributed by atoms with E-state index in [2.05, 4.69) is 4.51 Å². The molecule has 0 fully saturated rings. The van der Waals surface area contributed by atoms with E-state index in [9.17, 15) is 0 Å². The molecule has 0 radical (unpaired) electrons. The lowest BCUT2D eigenvalue weighted by atomic mass is 10.7. The number of hydrogen-bond donors (Lipinski definition) is 0. The third-order valence-corrected chi connectivity index (χ3v) is 1.03. The second-order valence-electron chi connectivity index (χ2n) is 2.17. The van der Waals surface area contributed by atoms with Crippen LogP contribution < -0.4 is 0 Å². The van der Waals surface area contributed by atoms with Gasteiger partial charge in [0.2, 0.25) is 5.96 Å². The summed E-state index contributed by atoms with van der Waals surface area (Å²) >= 11 is 5.26. The normalized spacial score (nSPS) is 8.56. The number of hydrogen-bond acceptors (Lipinski definition) is 1. The smallest absolute Gasteiger partial charge is 0.213 e. The van der Waals surface area contributed by atoms with Gasteiger partial charge in [-0.25, -0.2) is 0 Å². The van der Waals surface area contributed by atoms with Crippen LogP contribution in [0, 0.1) is 0 Å². The molecule has 0 rings (SSSR count). The predicted octanol–water partition coefficient (Wildman–Crippen LogP) is 0.619. The van der Waals surface area contributed by atoms with Crippen molar-refractivity contribution in [2.75, 3.05) is 28.2 Å². The first-order chi connectivity index (χ1) is 4.09. The van der Waals surface area contributed by atoms with Crippen LogP contribution in [0.3, 0.4) is 0 Å². The topological polar surface area (TPSA) is 18.8 Å². The zero-order valence-corrected chi connectivity index (χ0v) is 6.98. The van der Waals surface area contributed by atoms with Gasteiger partial charge in [0.1, 0.15) is 0 Å². The van der Waals surface area contributed by atoms with Crippen molar-refractivity contribution in [2.45, 2.75) is 0 Å². The van der Waals surface area contributed by atoms with Gasteiger partial charge in [-0.15, -0.1) is 4.51 Å². The van der Waals surface area contributed by atoms with E-state index in [0.29, 0.717) is 0 Å². The molecule has 9 heavy (non-hydrogen) atoms. The second kappa shape index (κ2) is 3.56. The van der Waals surface area contributed by atoms with Crippen LogP contribution in [0.15, 0.2) is 4.51 Å². The summed E-state index contributed by atoms with van der Waals surface area (Å²) in [5, 5.41) is 0. The van der Waals surface area contributed by atoms with Gasteiger partial charge in [-0.3, -0.25) is 0 Å². The molecule has 0 aliphatic heterocycles. The summed E-state index contributed by atoms with van der Waals surface area (Å²) in [5.41, 5.74) is 0. The largest absolute Gasteiger partial charge is 0.348 e. The molecule has 0 aromatic heterocycles. The summed E-state index contributed by atoms with van der Waals surface area (Å²) in [5.74, 6) is 0.747. The monoisotopic (exact) mass is 149 g/mol. The molecule has 0 aliphatic rings. The summed E-state index contributed by atoms with van der Waals surface area (Å²) in [6.45, 7) is 0. The molecule has 0 spiro atoms. The highest BCUT2D eigenvalue weighted by Crippen LogP contribution is 1.89. The Morgan fingerprint density at radius 2 is 1.44 bits per heavy atom. The van der Waals surface area contributed by atoms with E-state index in [4.69, 9.17) is 11.8 Å². The molecular formula is C5H12ClN3. The van der Waals surface area contributed by atoms with Gasteiger partial charge < -0.3 is 9.80 Å². The first kappa shape index (κ1) is 8.56. The summed E-state index contributed by atoms with van der Waals surface area (Å²) in [4.78, 5) is 3.68. The SMILES string of the molecule is CN(C)C(=NCl)N(C)C. The summed E-state index contributed by atoms with van der Waals surface area (Å²) in [7, 11) is 7.56. The maximum atomic E-state index is 5.26. The average Bonchev–Trinajstić information content (AvgIpc) is 1.64. The maximum Gasteiger partial charge on any atom is 0.213 e. The van der Waals surface area contributed by atoms with Gasteiger partial charge in [0.15, 0.2) is 0 Å². The van der Waals surface area contributed by atoms with Gasteiger partial charge in [-0.2, -0.15) is 0 Å². The zero-order valence-electron chi connectivity index (χ0n) is 6.22. The van der Waals surface area contributed by atoms with Crippen molar-refractivity contribution in [1.82, 2.24) is 9.80 Å². The van der Waals surface area contributed by atoms with Crippen molar-refractivity contribution in [3.63, 3.8) is 0 Å². The van der Waals surface area contributed by atoms with E-state index in [-0.39, 0.29) is 0 Å². The first-order valence-electron chi connectivity index (χ1n) is 2.63. The van der Waals surface area contributed by atoms with Crippen molar-refractivity contribution in [1.29, 1.82) is 0 Å². The van der Waals surface area contributed by atoms with Crippen LogP contribution in [-0.4, -0.2) is 44.0 Å². The summed E-state index contributed by atoms with van der Waals surface area (Å²) < 4.78 is 3.53. The van der Waals surface area contributed by atoms with E-state index in [1.54, 1.807) is 0 Å². The molecule has 0 aromatic rings. The Bertz CT molecular complexity index is 98.8. The second-order valence-corrected chi connectivity index (χ2v) is 2.34.